The molecule has 0 amide bonds. The summed E-state index contributed by atoms with van der Waals surface area (Å²) in [6.45, 7) is 20.7. The van der Waals surface area contributed by atoms with Crippen LogP contribution in [-0.2, 0) is 12.0 Å². The first-order valence-electron chi connectivity index (χ1n) is 12.8. The van der Waals surface area contributed by atoms with Crippen molar-refractivity contribution in [2.24, 2.45) is 4.99 Å². The summed E-state index contributed by atoms with van der Waals surface area (Å²) in [5, 5.41) is 0. The standard InChI is InChI=1S/C16H27N.C15H22N2/c1-6-7-11-17(5)13-14-9-8-10-15(12-14)16(2,3)4;1-6-8-14-9-13(4)15(10-12(14)3)16-11-17(5)7-2/h8-10,12H,6-7,11,13H2,1-5H3;6,8-11H,7H2,1-5H3/b;8-6-,16-11?. The summed E-state index contributed by atoms with van der Waals surface area (Å²) >= 11 is 0. The molecule has 3 heteroatoms. The molecule has 188 valence electrons. The summed E-state index contributed by atoms with van der Waals surface area (Å²) in [6.07, 6.45) is 8.64. The Morgan fingerprint density at radius 1 is 0.971 bits per heavy atom. The first-order chi connectivity index (χ1) is 16.0. The molecular formula is C31H49N3. The Kier molecular flexibility index (Phi) is 12.9. The summed E-state index contributed by atoms with van der Waals surface area (Å²) in [5.74, 6) is 0. The van der Waals surface area contributed by atoms with Gasteiger partial charge in [-0.05, 0) is 93.1 Å². The number of nitrogens with zero attached hydrogens (tertiary/aromatic N) is 3. The summed E-state index contributed by atoms with van der Waals surface area (Å²) in [6, 6.07) is 13.3. The van der Waals surface area contributed by atoms with Gasteiger partial charge in [0, 0.05) is 20.1 Å². The van der Waals surface area contributed by atoms with Crippen LogP contribution in [0.3, 0.4) is 0 Å². The van der Waals surface area contributed by atoms with Crippen molar-refractivity contribution in [2.45, 2.75) is 80.2 Å². The number of hydrogen-bond donors (Lipinski definition) is 0. The highest BCUT2D eigenvalue weighted by molar-refractivity contribution is 5.66. The molecule has 3 nitrogen and oxygen atoms in total. The van der Waals surface area contributed by atoms with Crippen LogP contribution in [0.1, 0.15) is 82.2 Å². The molecule has 0 aliphatic heterocycles. The molecule has 2 aromatic rings. The van der Waals surface area contributed by atoms with Crippen LogP contribution in [0.25, 0.3) is 6.08 Å². The van der Waals surface area contributed by atoms with E-state index in [0.717, 1.165) is 18.8 Å². The van der Waals surface area contributed by atoms with Crippen LogP contribution in [0.5, 0.6) is 0 Å². The number of allylic oxidation sites excluding steroid dienone is 1. The summed E-state index contributed by atoms with van der Waals surface area (Å²) in [5.41, 5.74) is 7.90. The summed E-state index contributed by atoms with van der Waals surface area (Å²) in [7, 11) is 4.24. The van der Waals surface area contributed by atoms with E-state index in [9.17, 15) is 0 Å². The van der Waals surface area contributed by atoms with Crippen molar-refractivity contribution in [3.05, 3.63) is 70.3 Å². The maximum absolute atomic E-state index is 4.52. The van der Waals surface area contributed by atoms with Gasteiger partial charge in [-0.25, -0.2) is 4.99 Å². The Hall–Kier alpha value is -2.39. The lowest BCUT2D eigenvalue weighted by Crippen LogP contribution is -2.19. The Labute approximate surface area is 210 Å². The molecule has 0 bridgehead atoms. The zero-order valence-corrected chi connectivity index (χ0v) is 23.6. The van der Waals surface area contributed by atoms with E-state index in [0.29, 0.717) is 0 Å². The van der Waals surface area contributed by atoms with E-state index in [1.807, 2.05) is 20.3 Å². The molecule has 0 aromatic heterocycles. The molecule has 0 N–H and O–H groups in total. The lowest BCUT2D eigenvalue weighted by Gasteiger charge is -2.21. The van der Waals surface area contributed by atoms with Crippen LogP contribution in [0.2, 0.25) is 0 Å². The lowest BCUT2D eigenvalue weighted by molar-refractivity contribution is 0.320. The van der Waals surface area contributed by atoms with E-state index >= 15 is 0 Å². The number of rotatable bonds is 9. The van der Waals surface area contributed by atoms with E-state index in [4.69, 9.17) is 0 Å². The van der Waals surface area contributed by atoms with Crippen molar-refractivity contribution in [2.75, 3.05) is 27.2 Å². The molecule has 0 aliphatic rings. The van der Waals surface area contributed by atoms with E-state index in [1.165, 1.54) is 47.2 Å². The van der Waals surface area contributed by atoms with Crippen molar-refractivity contribution in [3.63, 3.8) is 0 Å². The van der Waals surface area contributed by atoms with Gasteiger partial charge in [-0.3, -0.25) is 0 Å². The molecule has 0 aliphatic carbocycles. The first kappa shape index (κ1) is 29.6. The minimum Gasteiger partial charge on any atom is -0.366 e. The van der Waals surface area contributed by atoms with E-state index in [2.05, 4.69) is 119 Å². The van der Waals surface area contributed by atoms with Crippen molar-refractivity contribution >= 4 is 18.1 Å². The number of benzene rings is 2. The lowest BCUT2D eigenvalue weighted by atomic mass is 9.86. The van der Waals surface area contributed by atoms with E-state index in [1.54, 1.807) is 0 Å². The van der Waals surface area contributed by atoms with Gasteiger partial charge >= 0.3 is 0 Å². The smallest absolute Gasteiger partial charge is 0.0909 e. The highest BCUT2D eigenvalue weighted by Crippen LogP contribution is 2.24. The normalized spacial score (nSPS) is 11.9. The Bertz CT molecular complexity index is 919. The van der Waals surface area contributed by atoms with Gasteiger partial charge in [-0.2, -0.15) is 0 Å². The molecule has 0 fully saturated rings. The van der Waals surface area contributed by atoms with E-state index < -0.39 is 0 Å². The van der Waals surface area contributed by atoms with Gasteiger partial charge in [0.2, 0.25) is 0 Å². The molecule has 34 heavy (non-hydrogen) atoms. The van der Waals surface area contributed by atoms with Crippen LogP contribution in [-0.4, -0.2) is 43.3 Å². The molecule has 2 aromatic carbocycles. The first-order valence-corrected chi connectivity index (χ1v) is 12.8. The van der Waals surface area contributed by atoms with Gasteiger partial charge in [-0.1, -0.05) is 70.5 Å². The highest BCUT2D eigenvalue weighted by atomic mass is 15.1. The minimum absolute atomic E-state index is 0.248. The number of hydrogen-bond acceptors (Lipinski definition) is 2. The zero-order chi connectivity index (χ0) is 25.7. The molecule has 0 heterocycles. The second-order valence-corrected chi connectivity index (χ2v) is 10.4. The molecule has 0 atom stereocenters. The second-order valence-electron chi connectivity index (χ2n) is 10.4. The quantitative estimate of drug-likeness (QED) is 0.276. The number of unbranched alkanes of at least 4 members (excludes halogenated alkanes) is 1. The largest absolute Gasteiger partial charge is 0.366 e. The Balaban J connectivity index is 0.000000340. The van der Waals surface area contributed by atoms with Gasteiger partial charge in [0.1, 0.15) is 0 Å². The van der Waals surface area contributed by atoms with Crippen LogP contribution >= 0.6 is 0 Å². The maximum atomic E-state index is 4.52. The fourth-order valence-corrected chi connectivity index (χ4v) is 3.52. The van der Waals surface area contributed by atoms with Crippen LogP contribution in [0.15, 0.2) is 47.5 Å². The fraction of sp³-hybridized carbons (Fsp3) is 0.516. The monoisotopic (exact) mass is 463 g/mol. The van der Waals surface area contributed by atoms with Crippen molar-refractivity contribution < 1.29 is 0 Å². The van der Waals surface area contributed by atoms with Crippen molar-refractivity contribution in [3.8, 4) is 0 Å². The third-order valence-electron chi connectivity index (χ3n) is 5.96. The van der Waals surface area contributed by atoms with Crippen LogP contribution < -0.4 is 0 Å². The molecule has 0 spiro atoms. The third kappa shape index (κ3) is 10.7. The van der Waals surface area contributed by atoms with Crippen LogP contribution in [0.4, 0.5) is 5.69 Å². The fourth-order valence-electron chi connectivity index (χ4n) is 3.52. The molecule has 0 radical (unpaired) electrons. The summed E-state index contributed by atoms with van der Waals surface area (Å²) in [4.78, 5) is 8.99. The van der Waals surface area contributed by atoms with Crippen LogP contribution in [0, 0.1) is 13.8 Å². The average molecular weight is 464 g/mol. The van der Waals surface area contributed by atoms with Gasteiger partial charge in [-0.15, -0.1) is 0 Å². The second kappa shape index (κ2) is 14.8. The number of aryl methyl sites for hydroxylation is 2. The third-order valence-corrected chi connectivity index (χ3v) is 5.96. The van der Waals surface area contributed by atoms with E-state index in [-0.39, 0.29) is 5.41 Å². The predicted molar refractivity (Wildman–Crippen MR) is 153 cm³/mol. The Morgan fingerprint density at radius 3 is 2.26 bits per heavy atom. The minimum atomic E-state index is 0.248. The molecule has 0 saturated carbocycles. The molecular weight excluding hydrogens is 414 g/mol. The molecule has 0 saturated heterocycles. The number of aliphatic imine (C=N–C) groups is 1. The van der Waals surface area contributed by atoms with Gasteiger partial charge in [0.05, 0.1) is 12.0 Å². The zero-order valence-electron chi connectivity index (χ0n) is 23.6. The highest BCUT2D eigenvalue weighted by Gasteiger charge is 2.13. The van der Waals surface area contributed by atoms with Gasteiger partial charge in [0.15, 0.2) is 0 Å². The van der Waals surface area contributed by atoms with Crippen molar-refractivity contribution in [1.82, 2.24) is 9.80 Å². The topological polar surface area (TPSA) is 18.8 Å². The van der Waals surface area contributed by atoms with Crippen molar-refractivity contribution in [1.29, 1.82) is 0 Å². The summed E-state index contributed by atoms with van der Waals surface area (Å²) < 4.78 is 0. The molecule has 2 rings (SSSR count). The molecule has 0 unspecified atom stereocenters. The maximum Gasteiger partial charge on any atom is 0.0909 e. The Morgan fingerprint density at radius 2 is 1.68 bits per heavy atom. The predicted octanol–water partition coefficient (Wildman–Crippen LogP) is 8.16. The van der Waals surface area contributed by atoms with Gasteiger partial charge < -0.3 is 9.80 Å². The van der Waals surface area contributed by atoms with Gasteiger partial charge in [0.25, 0.3) is 0 Å². The SMILES string of the molecule is C/C=C\c1cc(C)c(N=CN(C)CC)cc1C.CCCCN(C)Cc1cccc(C(C)(C)C)c1. The average Bonchev–Trinajstić information content (AvgIpc) is 2.79.